The Kier molecular flexibility index (Phi) is 6.66. The number of benzene rings is 2. The zero-order valence-corrected chi connectivity index (χ0v) is 16.2. The third-order valence-electron chi connectivity index (χ3n) is 3.17. The lowest BCUT2D eigenvalue weighted by atomic mass is 10.2. The average molecular weight is 434 g/mol. The van der Waals surface area contributed by atoms with E-state index in [1.165, 1.54) is 31.4 Å². The van der Waals surface area contributed by atoms with E-state index in [1.807, 2.05) is 0 Å². The predicted molar refractivity (Wildman–Crippen MR) is 105 cm³/mol. The van der Waals surface area contributed by atoms with Crippen LogP contribution in [-0.2, 0) is 0 Å². The number of ether oxygens (including phenoxy) is 1. The highest BCUT2D eigenvalue weighted by molar-refractivity contribution is 7.80. The average Bonchev–Trinajstić information content (AvgIpc) is 2.57. The molecule has 1 amide bonds. The van der Waals surface area contributed by atoms with Gasteiger partial charge in [0, 0.05) is 5.56 Å². The van der Waals surface area contributed by atoms with Crippen molar-refractivity contribution in [1.29, 1.82) is 0 Å². The maximum absolute atomic E-state index is 12.2. The number of carboxylic acids is 1. The first-order chi connectivity index (χ1) is 12.2. The molecule has 2 aromatic carbocycles. The second-order valence-corrected chi connectivity index (χ2v) is 6.51. The molecule has 6 nitrogen and oxygen atoms in total. The summed E-state index contributed by atoms with van der Waals surface area (Å²) in [5.74, 6) is -1.25. The van der Waals surface area contributed by atoms with Gasteiger partial charge < -0.3 is 15.2 Å². The van der Waals surface area contributed by atoms with Gasteiger partial charge in [0.05, 0.1) is 33.4 Å². The van der Waals surface area contributed by atoms with Gasteiger partial charge in [-0.05, 0) is 42.5 Å². The molecule has 136 valence electrons. The molecule has 0 bridgehead atoms. The van der Waals surface area contributed by atoms with Crippen molar-refractivity contribution < 1.29 is 19.4 Å². The van der Waals surface area contributed by atoms with Gasteiger partial charge >= 0.3 is 5.97 Å². The van der Waals surface area contributed by atoms with Gasteiger partial charge in [0.1, 0.15) is 5.75 Å². The number of anilines is 1. The van der Waals surface area contributed by atoms with Gasteiger partial charge in [-0.1, -0.05) is 34.8 Å². The Morgan fingerprint density at radius 3 is 2.12 bits per heavy atom. The largest absolute Gasteiger partial charge is 0.495 e. The van der Waals surface area contributed by atoms with E-state index in [1.54, 1.807) is 6.07 Å². The van der Waals surface area contributed by atoms with Gasteiger partial charge in [0.2, 0.25) is 0 Å². The molecule has 3 N–H and O–H groups in total. The van der Waals surface area contributed by atoms with E-state index in [-0.39, 0.29) is 37.0 Å². The highest BCUT2D eigenvalue weighted by Crippen LogP contribution is 2.32. The van der Waals surface area contributed by atoms with Crippen LogP contribution in [0.25, 0.3) is 0 Å². The summed E-state index contributed by atoms with van der Waals surface area (Å²) in [5.41, 5.74) is 0.364. The van der Waals surface area contributed by atoms with Crippen LogP contribution < -0.4 is 15.4 Å². The minimum absolute atomic E-state index is 0.0407. The van der Waals surface area contributed by atoms with Crippen molar-refractivity contribution in [3.63, 3.8) is 0 Å². The molecule has 0 unspecified atom stereocenters. The van der Waals surface area contributed by atoms with Crippen molar-refractivity contribution >= 4 is 69.7 Å². The number of hydrogen-bond donors (Lipinski definition) is 3. The summed E-state index contributed by atoms with van der Waals surface area (Å²) in [6.07, 6.45) is 0. The van der Waals surface area contributed by atoms with Crippen LogP contribution in [0.4, 0.5) is 5.69 Å². The summed E-state index contributed by atoms with van der Waals surface area (Å²) in [5, 5.41) is 14.4. The summed E-state index contributed by atoms with van der Waals surface area (Å²) in [6, 6.07) is 6.92. The van der Waals surface area contributed by atoms with Crippen LogP contribution in [-0.4, -0.2) is 29.2 Å². The van der Waals surface area contributed by atoms with Crippen molar-refractivity contribution in [2.24, 2.45) is 0 Å². The summed E-state index contributed by atoms with van der Waals surface area (Å²) >= 11 is 23.1. The molecule has 26 heavy (non-hydrogen) atoms. The standard InChI is InChI=1S/C16H11Cl3N2O4S/c1-25-12-3-2-7(4-9(12)17)14(22)21-16(26)20-13-10(18)5-8(15(23)24)6-11(13)19/h2-6H,1H3,(H,23,24)(H2,20,21,22,26). The Morgan fingerprint density at radius 2 is 1.62 bits per heavy atom. The molecule has 2 aromatic rings. The molecule has 0 radical (unpaired) electrons. The SMILES string of the molecule is COc1ccc(C(=O)NC(=S)Nc2c(Cl)cc(C(=O)O)cc2Cl)cc1Cl. The molecular formula is C16H11Cl3N2O4S. The Labute approximate surface area is 169 Å². The van der Waals surface area contributed by atoms with Crippen LogP contribution in [0.2, 0.25) is 15.1 Å². The van der Waals surface area contributed by atoms with Gasteiger partial charge in [-0.2, -0.15) is 0 Å². The zero-order valence-electron chi connectivity index (χ0n) is 13.1. The van der Waals surface area contributed by atoms with E-state index in [0.29, 0.717) is 5.75 Å². The van der Waals surface area contributed by atoms with Crippen molar-refractivity contribution in [3.8, 4) is 5.75 Å². The fourth-order valence-corrected chi connectivity index (χ4v) is 2.98. The van der Waals surface area contributed by atoms with Crippen LogP contribution >= 0.6 is 47.0 Å². The maximum Gasteiger partial charge on any atom is 0.335 e. The van der Waals surface area contributed by atoms with Gasteiger partial charge in [-0.25, -0.2) is 4.79 Å². The van der Waals surface area contributed by atoms with Gasteiger partial charge in [-0.3, -0.25) is 10.1 Å². The van der Waals surface area contributed by atoms with E-state index in [9.17, 15) is 9.59 Å². The third kappa shape index (κ3) is 4.76. The van der Waals surface area contributed by atoms with Gasteiger partial charge in [0.25, 0.3) is 5.91 Å². The molecule has 10 heteroatoms. The van der Waals surface area contributed by atoms with Crippen molar-refractivity contribution in [2.45, 2.75) is 0 Å². The van der Waals surface area contributed by atoms with Crippen molar-refractivity contribution in [3.05, 3.63) is 56.5 Å². The monoisotopic (exact) mass is 432 g/mol. The van der Waals surface area contributed by atoms with E-state index >= 15 is 0 Å². The molecule has 0 spiro atoms. The molecule has 0 aliphatic rings. The van der Waals surface area contributed by atoms with Crippen LogP contribution in [0, 0.1) is 0 Å². The number of carbonyl (C=O) groups is 2. The Bertz CT molecular complexity index is 882. The zero-order chi connectivity index (χ0) is 19.4. The Morgan fingerprint density at radius 1 is 1.04 bits per heavy atom. The number of nitrogens with one attached hydrogen (secondary N) is 2. The van der Waals surface area contributed by atoms with E-state index < -0.39 is 11.9 Å². The molecule has 0 saturated heterocycles. The molecule has 0 aromatic heterocycles. The number of halogens is 3. The maximum atomic E-state index is 12.2. The Balaban J connectivity index is 2.12. The highest BCUT2D eigenvalue weighted by Gasteiger charge is 2.15. The fraction of sp³-hybridized carbons (Fsp3) is 0.0625. The van der Waals surface area contributed by atoms with E-state index in [0.717, 1.165) is 0 Å². The lowest BCUT2D eigenvalue weighted by Gasteiger charge is -2.13. The molecule has 2 rings (SSSR count). The highest BCUT2D eigenvalue weighted by atomic mass is 35.5. The lowest BCUT2D eigenvalue weighted by molar-refractivity contribution is 0.0696. The van der Waals surface area contributed by atoms with Crippen molar-refractivity contribution in [1.82, 2.24) is 5.32 Å². The van der Waals surface area contributed by atoms with Gasteiger partial charge in [0.15, 0.2) is 5.11 Å². The summed E-state index contributed by atoms with van der Waals surface area (Å²) in [7, 11) is 1.46. The summed E-state index contributed by atoms with van der Waals surface area (Å²) in [4.78, 5) is 23.2. The number of carbonyl (C=O) groups excluding carboxylic acids is 1. The minimum atomic E-state index is -1.17. The van der Waals surface area contributed by atoms with Gasteiger partial charge in [-0.15, -0.1) is 0 Å². The second-order valence-electron chi connectivity index (χ2n) is 4.88. The Hall–Kier alpha value is -2.06. The summed E-state index contributed by atoms with van der Waals surface area (Å²) < 4.78 is 5.02. The smallest absolute Gasteiger partial charge is 0.335 e. The molecule has 0 aliphatic heterocycles. The van der Waals surface area contributed by atoms with E-state index in [4.69, 9.17) is 56.9 Å². The second kappa shape index (κ2) is 8.55. The van der Waals surface area contributed by atoms with Crippen LogP contribution in [0.1, 0.15) is 20.7 Å². The lowest BCUT2D eigenvalue weighted by Crippen LogP contribution is -2.34. The normalized spacial score (nSPS) is 10.2. The molecule has 0 atom stereocenters. The van der Waals surface area contributed by atoms with Crippen LogP contribution in [0.5, 0.6) is 5.75 Å². The number of methoxy groups -OCH3 is 1. The predicted octanol–water partition coefficient (Wildman–Crippen LogP) is 4.48. The minimum Gasteiger partial charge on any atom is -0.495 e. The molecular weight excluding hydrogens is 423 g/mol. The topological polar surface area (TPSA) is 87.7 Å². The van der Waals surface area contributed by atoms with Crippen LogP contribution in [0.15, 0.2) is 30.3 Å². The van der Waals surface area contributed by atoms with E-state index in [2.05, 4.69) is 10.6 Å². The number of thiocarbonyl (C=S) groups is 1. The number of carboxylic acid groups (broad SMARTS) is 1. The number of aromatic carboxylic acids is 1. The summed E-state index contributed by atoms with van der Waals surface area (Å²) in [6.45, 7) is 0. The molecule has 0 saturated carbocycles. The molecule has 0 heterocycles. The first-order valence-electron chi connectivity index (χ1n) is 6.91. The number of hydrogen-bond acceptors (Lipinski definition) is 4. The number of rotatable bonds is 4. The quantitative estimate of drug-likeness (QED) is 0.616. The molecule has 0 fully saturated rings. The molecule has 0 aliphatic carbocycles. The van der Waals surface area contributed by atoms with Crippen molar-refractivity contribution in [2.75, 3.05) is 12.4 Å². The number of amides is 1. The third-order valence-corrected chi connectivity index (χ3v) is 4.26. The fourth-order valence-electron chi connectivity index (χ4n) is 1.94. The first-order valence-corrected chi connectivity index (χ1v) is 8.45. The van der Waals surface area contributed by atoms with Crippen LogP contribution in [0.3, 0.4) is 0 Å². The first kappa shape index (κ1) is 20.3.